The summed E-state index contributed by atoms with van der Waals surface area (Å²) < 4.78 is 12.2. The van der Waals surface area contributed by atoms with Crippen LogP contribution < -0.4 is 21.5 Å². The predicted octanol–water partition coefficient (Wildman–Crippen LogP) is 2.20. The lowest BCUT2D eigenvalue weighted by Gasteiger charge is -2.28. The predicted molar refractivity (Wildman–Crippen MR) is 90.4 cm³/mol. The molecule has 3 N–H and O–H groups in total. The average Bonchev–Trinajstić information content (AvgIpc) is 3.11. The van der Waals surface area contributed by atoms with E-state index in [1.54, 1.807) is 12.1 Å². The molecule has 3 heterocycles. The molecule has 2 aliphatic rings. The number of aromatic nitrogens is 2. The summed E-state index contributed by atoms with van der Waals surface area (Å²) in [4.78, 5) is 12.3. The number of piperidine rings is 1. The maximum Gasteiger partial charge on any atom is 0.437 e. The molecule has 2 saturated heterocycles. The number of nitrogens with two attached hydrogens (primary N) is 1. The van der Waals surface area contributed by atoms with Gasteiger partial charge in [0.1, 0.15) is 5.75 Å². The summed E-state index contributed by atoms with van der Waals surface area (Å²) in [7, 11) is 1.52. The molecular formula is C16H19ClN4O3. The number of hydrogen-bond donors (Lipinski definition) is 2. The van der Waals surface area contributed by atoms with Gasteiger partial charge in [0.05, 0.1) is 29.4 Å². The van der Waals surface area contributed by atoms with Gasteiger partial charge in [0.25, 0.3) is 5.89 Å². The number of nitrogens with one attached hydrogen (secondary N) is 1. The van der Waals surface area contributed by atoms with Crippen LogP contribution in [0.5, 0.6) is 5.75 Å². The molecule has 0 aliphatic carbocycles. The third kappa shape index (κ3) is 2.57. The smallest absolute Gasteiger partial charge is 0.437 e. The highest BCUT2D eigenvalue weighted by atomic mass is 35.5. The molecule has 128 valence electrons. The molecular weight excluding hydrogens is 332 g/mol. The Hall–Kier alpha value is -1.99. The molecule has 1 aromatic carbocycles. The fourth-order valence-corrected chi connectivity index (χ4v) is 3.92. The zero-order valence-corrected chi connectivity index (χ0v) is 14.0. The highest BCUT2D eigenvalue weighted by Gasteiger charge is 2.36. The number of rotatable bonds is 3. The van der Waals surface area contributed by atoms with Gasteiger partial charge in [0.15, 0.2) is 0 Å². The summed E-state index contributed by atoms with van der Waals surface area (Å²) >= 11 is 6.09. The van der Waals surface area contributed by atoms with Gasteiger partial charge in [0.2, 0.25) is 0 Å². The summed E-state index contributed by atoms with van der Waals surface area (Å²) in [6.45, 7) is 0. The van der Waals surface area contributed by atoms with Crippen molar-refractivity contribution in [1.82, 2.24) is 15.1 Å². The minimum absolute atomic E-state index is 0.0593. The van der Waals surface area contributed by atoms with Crippen LogP contribution in [0.4, 0.5) is 5.69 Å². The zero-order valence-electron chi connectivity index (χ0n) is 13.3. The largest absolute Gasteiger partial charge is 0.496 e. The first-order valence-electron chi connectivity index (χ1n) is 8.04. The van der Waals surface area contributed by atoms with Crippen molar-refractivity contribution in [2.24, 2.45) is 0 Å². The first kappa shape index (κ1) is 15.5. The Balaban J connectivity index is 1.72. The van der Waals surface area contributed by atoms with E-state index in [-0.39, 0.29) is 11.9 Å². The SMILES string of the molecule is COc1cc(N)c(Cl)cc1-c1nn(C2CC3CCC(C2)N3)c(=O)o1. The van der Waals surface area contributed by atoms with E-state index < -0.39 is 5.76 Å². The lowest BCUT2D eigenvalue weighted by atomic mass is 10.0. The average molecular weight is 351 g/mol. The molecule has 0 amide bonds. The van der Waals surface area contributed by atoms with Crippen LogP contribution >= 0.6 is 11.6 Å². The number of nitrogen functional groups attached to an aromatic ring is 1. The van der Waals surface area contributed by atoms with Crippen LogP contribution in [0.1, 0.15) is 31.7 Å². The lowest BCUT2D eigenvalue weighted by molar-refractivity contribution is 0.269. The van der Waals surface area contributed by atoms with Crippen LogP contribution in [-0.2, 0) is 0 Å². The highest BCUT2D eigenvalue weighted by Crippen LogP contribution is 2.36. The van der Waals surface area contributed by atoms with E-state index in [0.717, 1.165) is 25.7 Å². The molecule has 0 radical (unpaired) electrons. The molecule has 7 nitrogen and oxygen atoms in total. The quantitative estimate of drug-likeness (QED) is 0.824. The van der Waals surface area contributed by atoms with Gasteiger partial charge < -0.3 is 20.2 Å². The van der Waals surface area contributed by atoms with Gasteiger partial charge in [-0.05, 0) is 31.7 Å². The Morgan fingerprint density at radius 3 is 2.75 bits per heavy atom. The Labute approximate surface area is 143 Å². The first-order chi connectivity index (χ1) is 11.5. The highest BCUT2D eigenvalue weighted by molar-refractivity contribution is 6.33. The maximum atomic E-state index is 12.3. The van der Waals surface area contributed by atoms with Crippen molar-refractivity contribution >= 4 is 17.3 Å². The number of nitrogens with zero attached hydrogens (tertiary/aromatic N) is 2. The number of hydrogen-bond acceptors (Lipinski definition) is 6. The zero-order chi connectivity index (χ0) is 16.8. The van der Waals surface area contributed by atoms with Gasteiger partial charge >= 0.3 is 5.76 Å². The molecule has 4 rings (SSSR count). The second-order valence-corrected chi connectivity index (χ2v) is 6.86. The number of benzene rings is 1. The third-order valence-electron chi connectivity index (χ3n) is 4.91. The van der Waals surface area contributed by atoms with Crippen molar-refractivity contribution in [1.29, 1.82) is 0 Å². The van der Waals surface area contributed by atoms with Gasteiger partial charge in [-0.15, -0.1) is 5.10 Å². The van der Waals surface area contributed by atoms with Gasteiger partial charge in [-0.2, -0.15) is 4.68 Å². The number of anilines is 1. The molecule has 8 heteroatoms. The van der Waals surface area contributed by atoms with Crippen LogP contribution in [0, 0.1) is 0 Å². The summed E-state index contributed by atoms with van der Waals surface area (Å²) in [6.07, 6.45) is 4.09. The normalized spacial score (nSPS) is 25.8. The summed E-state index contributed by atoms with van der Waals surface area (Å²) in [5.41, 5.74) is 6.71. The number of methoxy groups -OCH3 is 1. The minimum Gasteiger partial charge on any atom is -0.496 e. The van der Waals surface area contributed by atoms with Crippen LogP contribution in [0.3, 0.4) is 0 Å². The molecule has 2 unspecified atom stereocenters. The van der Waals surface area contributed by atoms with Crippen LogP contribution in [0.25, 0.3) is 11.5 Å². The molecule has 0 saturated carbocycles. The minimum atomic E-state index is -0.452. The van der Waals surface area contributed by atoms with Gasteiger partial charge in [0, 0.05) is 18.2 Å². The third-order valence-corrected chi connectivity index (χ3v) is 5.24. The van der Waals surface area contributed by atoms with E-state index in [2.05, 4.69) is 10.4 Å². The van der Waals surface area contributed by atoms with E-state index >= 15 is 0 Å². The van der Waals surface area contributed by atoms with Gasteiger partial charge in [-0.25, -0.2) is 4.79 Å². The Morgan fingerprint density at radius 1 is 1.38 bits per heavy atom. The number of ether oxygens (including phenoxy) is 1. The van der Waals surface area contributed by atoms with Crippen LogP contribution in [-0.4, -0.2) is 29.0 Å². The molecule has 2 aromatic rings. The summed E-state index contributed by atoms with van der Waals surface area (Å²) in [5.74, 6) is 0.214. The van der Waals surface area contributed by atoms with Crippen molar-refractivity contribution in [3.63, 3.8) is 0 Å². The standard InChI is InChI=1S/C16H19ClN4O3/c1-23-14-7-13(18)12(17)6-11(14)15-20-21(16(22)24-15)10-4-8-2-3-9(5-10)19-8/h6-10,19H,2-5,18H2,1H3. The maximum absolute atomic E-state index is 12.3. The van der Waals surface area contributed by atoms with E-state index in [4.69, 9.17) is 26.5 Å². The van der Waals surface area contributed by atoms with Crippen LogP contribution in [0.15, 0.2) is 21.3 Å². The van der Waals surface area contributed by atoms with Gasteiger partial charge in [-0.3, -0.25) is 0 Å². The summed E-state index contributed by atoms with van der Waals surface area (Å²) in [5, 5.41) is 8.33. The Morgan fingerprint density at radius 2 is 2.08 bits per heavy atom. The van der Waals surface area contributed by atoms with E-state index in [9.17, 15) is 4.79 Å². The van der Waals surface area contributed by atoms with Crippen molar-refractivity contribution in [3.05, 3.63) is 27.7 Å². The fourth-order valence-electron chi connectivity index (χ4n) is 3.76. The number of halogens is 1. The monoisotopic (exact) mass is 350 g/mol. The molecule has 2 aliphatic heterocycles. The molecule has 1 aromatic heterocycles. The lowest BCUT2D eigenvalue weighted by Crippen LogP contribution is -2.41. The van der Waals surface area contributed by atoms with Crippen LogP contribution in [0.2, 0.25) is 5.02 Å². The van der Waals surface area contributed by atoms with Crippen molar-refractivity contribution in [2.45, 2.75) is 43.8 Å². The molecule has 24 heavy (non-hydrogen) atoms. The summed E-state index contributed by atoms with van der Waals surface area (Å²) in [6, 6.07) is 4.19. The first-order valence-corrected chi connectivity index (χ1v) is 8.42. The van der Waals surface area contributed by atoms with E-state index in [1.807, 2.05) is 0 Å². The fraction of sp³-hybridized carbons (Fsp3) is 0.500. The topological polar surface area (TPSA) is 95.3 Å². The Bertz CT molecular complexity index is 819. The Kier molecular flexibility index (Phi) is 3.77. The molecule has 0 spiro atoms. The van der Waals surface area contributed by atoms with Crippen molar-refractivity contribution in [3.8, 4) is 17.2 Å². The second kappa shape index (κ2) is 5.82. The van der Waals surface area contributed by atoms with Crippen molar-refractivity contribution in [2.75, 3.05) is 12.8 Å². The van der Waals surface area contributed by atoms with Gasteiger partial charge in [-0.1, -0.05) is 11.6 Å². The molecule has 2 fully saturated rings. The van der Waals surface area contributed by atoms with Crippen molar-refractivity contribution < 1.29 is 9.15 Å². The van der Waals surface area contributed by atoms with E-state index in [1.165, 1.54) is 11.8 Å². The molecule has 2 bridgehead atoms. The molecule has 2 atom stereocenters. The number of fused-ring (bicyclic) bond motifs is 2. The van der Waals surface area contributed by atoms with E-state index in [0.29, 0.717) is 34.1 Å². The second-order valence-electron chi connectivity index (χ2n) is 6.45.